The zero-order chi connectivity index (χ0) is 7.11. The van der Waals surface area contributed by atoms with E-state index in [4.69, 9.17) is 11.7 Å². The van der Waals surface area contributed by atoms with Crippen LogP contribution in [0.3, 0.4) is 0 Å². The second kappa shape index (κ2) is 5.49. The predicted octanol–water partition coefficient (Wildman–Crippen LogP) is -1.35. The van der Waals surface area contributed by atoms with Crippen molar-refractivity contribution >= 4 is 5.91 Å². The average molecular weight is 133 g/mol. The number of nitrogens with two attached hydrogens (primary N) is 2. The van der Waals surface area contributed by atoms with E-state index in [1.165, 1.54) is 0 Å². The first kappa shape index (κ1) is 8.35. The van der Waals surface area contributed by atoms with Gasteiger partial charge in [-0.1, -0.05) is 0 Å². The summed E-state index contributed by atoms with van der Waals surface area (Å²) in [6.07, 6.45) is 0.952. The average Bonchev–Trinajstić information content (AvgIpc) is 1.89. The van der Waals surface area contributed by atoms with Crippen molar-refractivity contribution < 1.29 is 9.63 Å². The maximum absolute atomic E-state index is 10.4. The van der Waals surface area contributed by atoms with Crippen LogP contribution in [0.25, 0.3) is 0 Å². The summed E-state index contributed by atoms with van der Waals surface area (Å²) < 4.78 is 0. The van der Waals surface area contributed by atoms with Gasteiger partial charge < -0.3 is 4.84 Å². The standard InChI is InChI=1S/C4H11N3O2/c5-7-4(8)2-1-3-9-6/h1-3,5-6H2,(H,7,8). The Morgan fingerprint density at radius 3 is 2.78 bits per heavy atom. The summed E-state index contributed by atoms with van der Waals surface area (Å²) in [5, 5.41) is 0. The number of nitrogens with one attached hydrogen (secondary N) is 1. The van der Waals surface area contributed by atoms with Crippen LogP contribution in [0.5, 0.6) is 0 Å². The first-order chi connectivity index (χ1) is 4.31. The van der Waals surface area contributed by atoms with Crippen LogP contribution >= 0.6 is 0 Å². The summed E-state index contributed by atoms with van der Waals surface area (Å²) in [5.41, 5.74) is 1.99. The van der Waals surface area contributed by atoms with Crippen molar-refractivity contribution in [2.45, 2.75) is 12.8 Å². The molecule has 0 rings (SSSR count). The van der Waals surface area contributed by atoms with Crippen LogP contribution in [0.1, 0.15) is 12.8 Å². The molecular weight excluding hydrogens is 122 g/mol. The van der Waals surface area contributed by atoms with E-state index in [2.05, 4.69) is 4.84 Å². The lowest BCUT2D eigenvalue weighted by Gasteiger charge is -1.96. The molecule has 5 nitrogen and oxygen atoms in total. The summed E-state index contributed by atoms with van der Waals surface area (Å²) in [4.78, 5) is 14.6. The number of carbonyl (C=O) groups is 1. The molecule has 0 heterocycles. The molecule has 0 unspecified atom stereocenters. The fourth-order valence-electron chi connectivity index (χ4n) is 0.388. The van der Waals surface area contributed by atoms with Gasteiger partial charge in [0.05, 0.1) is 6.61 Å². The van der Waals surface area contributed by atoms with Crippen molar-refractivity contribution in [2.75, 3.05) is 6.61 Å². The fraction of sp³-hybridized carbons (Fsp3) is 0.750. The first-order valence-electron chi connectivity index (χ1n) is 2.62. The predicted molar refractivity (Wildman–Crippen MR) is 31.7 cm³/mol. The van der Waals surface area contributed by atoms with E-state index in [0.29, 0.717) is 19.4 Å². The van der Waals surface area contributed by atoms with E-state index >= 15 is 0 Å². The normalized spacial score (nSPS) is 9.11. The zero-order valence-electron chi connectivity index (χ0n) is 5.09. The van der Waals surface area contributed by atoms with Gasteiger partial charge in [0.1, 0.15) is 0 Å². The van der Waals surface area contributed by atoms with Gasteiger partial charge in [-0.15, -0.1) is 0 Å². The van der Waals surface area contributed by atoms with E-state index in [9.17, 15) is 4.79 Å². The molecule has 5 N–H and O–H groups in total. The van der Waals surface area contributed by atoms with Gasteiger partial charge in [-0.25, -0.2) is 11.7 Å². The third-order valence-electron chi connectivity index (χ3n) is 0.827. The summed E-state index contributed by atoms with van der Waals surface area (Å²) >= 11 is 0. The highest BCUT2D eigenvalue weighted by Gasteiger charge is 1.95. The van der Waals surface area contributed by atoms with Gasteiger partial charge in [0.2, 0.25) is 5.91 Å². The topological polar surface area (TPSA) is 90.4 Å². The van der Waals surface area contributed by atoms with Crippen LogP contribution in [0.2, 0.25) is 0 Å². The fourth-order valence-corrected chi connectivity index (χ4v) is 0.388. The highest BCUT2D eigenvalue weighted by molar-refractivity contribution is 5.75. The van der Waals surface area contributed by atoms with Crippen LogP contribution in [-0.2, 0) is 9.63 Å². The second-order valence-electron chi connectivity index (χ2n) is 1.54. The van der Waals surface area contributed by atoms with Gasteiger partial charge in [0.25, 0.3) is 0 Å². The Bertz CT molecular complexity index is 85.9. The molecule has 0 bridgehead atoms. The van der Waals surface area contributed by atoms with Crippen molar-refractivity contribution in [1.29, 1.82) is 0 Å². The largest absolute Gasteiger partial charge is 0.305 e. The number of carbonyl (C=O) groups excluding carboxylic acids is 1. The van der Waals surface area contributed by atoms with E-state index in [-0.39, 0.29) is 5.91 Å². The van der Waals surface area contributed by atoms with Crippen LogP contribution in [0.4, 0.5) is 0 Å². The third kappa shape index (κ3) is 5.22. The molecule has 0 spiro atoms. The van der Waals surface area contributed by atoms with Crippen molar-refractivity contribution in [3.05, 3.63) is 0 Å². The monoisotopic (exact) mass is 133 g/mol. The van der Waals surface area contributed by atoms with Crippen molar-refractivity contribution in [2.24, 2.45) is 11.7 Å². The number of hydrogen-bond acceptors (Lipinski definition) is 4. The Kier molecular flexibility index (Phi) is 5.09. The highest BCUT2D eigenvalue weighted by atomic mass is 16.6. The molecular formula is C4H11N3O2. The minimum absolute atomic E-state index is 0.202. The van der Waals surface area contributed by atoms with E-state index in [0.717, 1.165) is 0 Å². The van der Waals surface area contributed by atoms with E-state index in [1.54, 1.807) is 0 Å². The first-order valence-corrected chi connectivity index (χ1v) is 2.62. The minimum Gasteiger partial charge on any atom is -0.305 e. The molecule has 0 fully saturated rings. The molecule has 1 amide bonds. The number of hydrogen-bond donors (Lipinski definition) is 3. The molecule has 0 aromatic heterocycles. The van der Waals surface area contributed by atoms with Gasteiger partial charge in [0, 0.05) is 6.42 Å². The van der Waals surface area contributed by atoms with Gasteiger partial charge >= 0.3 is 0 Å². The molecule has 5 heteroatoms. The molecule has 0 saturated heterocycles. The Balaban J connectivity index is 2.97. The number of amides is 1. The Morgan fingerprint density at radius 1 is 1.67 bits per heavy atom. The Labute approximate surface area is 53.3 Å². The van der Waals surface area contributed by atoms with Crippen molar-refractivity contribution in [1.82, 2.24) is 5.43 Å². The number of hydrazine groups is 1. The molecule has 0 radical (unpaired) electrons. The van der Waals surface area contributed by atoms with Gasteiger partial charge in [0.15, 0.2) is 0 Å². The Hall–Kier alpha value is -0.650. The summed E-state index contributed by atoms with van der Waals surface area (Å²) in [5.74, 6) is 9.27. The molecule has 54 valence electrons. The Morgan fingerprint density at radius 2 is 2.33 bits per heavy atom. The van der Waals surface area contributed by atoms with Gasteiger partial charge in [-0.3, -0.25) is 10.2 Å². The maximum Gasteiger partial charge on any atom is 0.233 e. The van der Waals surface area contributed by atoms with Crippen molar-refractivity contribution in [3.63, 3.8) is 0 Å². The minimum atomic E-state index is -0.202. The quantitative estimate of drug-likeness (QED) is 0.191. The van der Waals surface area contributed by atoms with Crippen LogP contribution < -0.4 is 17.2 Å². The van der Waals surface area contributed by atoms with Gasteiger partial charge in [-0.05, 0) is 6.42 Å². The molecule has 0 aliphatic carbocycles. The molecule has 0 aromatic carbocycles. The second-order valence-corrected chi connectivity index (χ2v) is 1.54. The SMILES string of the molecule is NNC(=O)CCCON. The third-order valence-corrected chi connectivity index (χ3v) is 0.827. The van der Waals surface area contributed by atoms with E-state index in [1.807, 2.05) is 5.43 Å². The van der Waals surface area contributed by atoms with Crippen molar-refractivity contribution in [3.8, 4) is 0 Å². The molecule has 0 atom stereocenters. The lowest BCUT2D eigenvalue weighted by atomic mass is 10.3. The smallest absolute Gasteiger partial charge is 0.233 e. The van der Waals surface area contributed by atoms with Gasteiger partial charge in [-0.2, -0.15) is 0 Å². The molecule has 0 aliphatic rings. The summed E-state index contributed by atoms with van der Waals surface area (Å²) in [7, 11) is 0. The molecule has 0 saturated carbocycles. The molecule has 0 aromatic rings. The maximum atomic E-state index is 10.4. The molecule has 9 heavy (non-hydrogen) atoms. The number of rotatable bonds is 4. The summed E-state index contributed by atoms with van der Waals surface area (Å²) in [6.45, 7) is 0.382. The molecule has 0 aliphatic heterocycles. The van der Waals surface area contributed by atoms with E-state index < -0.39 is 0 Å². The lowest BCUT2D eigenvalue weighted by Crippen LogP contribution is -2.29. The van der Waals surface area contributed by atoms with Crippen LogP contribution in [0.15, 0.2) is 0 Å². The van der Waals surface area contributed by atoms with Crippen LogP contribution in [-0.4, -0.2) is 12.5 Å². The zero-order valence-corrected chi connectivity index (χ0v) is 5.09. The summed E-state index contributed by atoms with van der Waals surface area (Å²) in [6, 6.07) is 0. The lowest BCUT2D eigenvalue weighted by molar-refractivity contribution is -0.121. The van der Waals surface area contributed by atoms with Crippen LogP contribution in [0, 0.1) is 0 Å². The highest BCUT2D eigenvalue weighted by Crippen LogP contribution is 1.85.